The Bertz CT molecular complexity index is 1020. The van der Waals surface area contributed by atoms with Crippen molar-refractivity contribution in [1.82, 2.24) is 9.78 Å². The largest absolute Gasteiger partial charge is 0.497 e. The molecule has 0 bridgehead atoms. The summed E-state index contributed by atoms with van der Waals surface area (Å²) in [4.78, 5) is 0. The predicted octanol–water partition coefficient (Wildman–Crippen LogP) is 5.07. The van der Waals surface area contributed by atoms with Crippen LogP contribution in [0.2, 0.25) is 0 Å². The van der Waals surface area contributed by atoms with Gasteiger partial charge in [-0.3, -0.25) is 4.68 Å². The summed E-state index contributed by atoms with van der Waals surface area (Å²) >= 11 is 0. The molecule has 0 saturated carbocycles. The van der Waals surface area contributed by atoms with Crippen LogP contribution >= 0.6 is 0 Å². The molecule has 0 saturated heterocycles. The summed E-state index contributed by atoms with van der Waals surface area (Å²) in [6.07, 6.45) is 0. The SMILES string of the molecule is COc1cccc(Cn2nc(-c3ccc(C)cc3)c3ccccc32)c1. The first-order valence-corrected chi connectivity index (χ1v) is 8.40. The van der Waals surface area contributed by atoms with E-state index < -0.39 is 0 Å². The van der Waals surface area contributed by atoms with Gasteiger partial charge in [0.2, 0.25) is 0 Å². The number of hydrogen-bond donors (Lipinski definition) is 0. The summed E-state index contributed by atoms with van der Waals surface area (Å²) in [5.74, 6) is 0.868. The van der Waals surface area contributed by atoms with Gasteiger partial charge in [-0.1, -0.05) is 60.2 Å². The molecule has 0 radical (unpaired) electrons. The number of nitrogens with zero attached hydrogens (tertiary/aromatic N) is 2. The molecule has 4 rings (SSSR count). The number of para-hydroxylation sites is 1. The first-order chi connectivity index (χ1) is 12.2. The van der Waals surface area contributed by atoms with Crippen LogP contribution in [-0.4, -0.2) is 16.9 Å². The first kappa shape index (κ1) is 15.5. The third kappa shape index (κ3) is 3.01. The lowest BCUT2D eigenvalue weighted by atomic mass is 10.1. The second kappa shape index (κ2) is 6.44. The molecule has 0 aliphatic heterocycles. The van der Waals surface area contributed by atoms with Crippen molar-refractivity contribution >= 4 is 10.9 Å². The zero-order chi connectivity index (χ0) is 17.2. The van der Waals surface area contributed by atoms with Crippen molar-refractivity contribution < 1.29 is 4.74 Å². The van der Waals surface area contributed by atoms with Gasteiger partial charge >= 0.3 is 0 Å². The van der Waals surface area contributed by atoms with Crippen LogP contribution in [0.3, 0.4) is 0 Å². The van der Waals surface area contributed by atoms with E-state index in [1.807, 2.05) is 12.1 Å². The molecular weight excluding hydrogens is 308 g/mol. The van der Waals surface area contributed by atoms with Crippen LogP contribution in [0.25, 0.3) is 22.2 Å². The van der Waals surface area contributed by atoms with Gasteiger partial charge < -0.3 is 4.74 Å². The molecule has 0 atom stereocenters. The molecule has 25 heavy (non-hydrogen) atoms. The molecule has 0 amide bonds. The fourth-order valence-corrected chi connectivity index (χ4v) is 3.12. The Balaban J connectivity index is 1.80. The lowest BCUT2D eigenvalue weighted by molar-refractivity contribution is 0.414. The van der Waals surface area contributed by atoms with Gasteiger partial charge in [0.05, 0.1) is 19.2 Å². The molecular formula is C22H20N2O. The number of aromatic nitrogens is 2. The van der Waals surface area contributed by atoms with Crippen molar-refractivity contribution in [3.63, 3.8) is 0 Å². The minimum atomic E-state index is 0.712. The van der Waals surface area contributed by atoms with Crippen LogP contribution in [-0.2, 0) is 6.54 Å². The van der Waals surface area contributed by atoms with Gasteiger partial charge in [-0.2, -0.15) is 5.10 Å². The van der Waals surface area contributed by atoms with Gasteiger partial charge in [-0.05, 0) is 30.7 Å². The Labute approximate surface area is 147 Å². The standard InChI is InChI=1S/C22H20N2O/c1-16-10-12-18(13-11-16)22-20-8-3-4-9-21(20)24(23-22)15-17-6-5-7-19(14-17)25-2/h3-14H,15H2,1-2H3. The number of benzene rings is 3. The van der Waals surface area contributed by atoms with E-state index in [2.05, 4.69) is 72.3 Å². The number of hydrogen-bond acceptors (Lipinski definition) is 2. The van der Waals surface area contributed by atoms with Crippen LogP contribution in [0.15, 0.2) is 72.8 Å². The molecule has 0 fully saturated rings. The summed E-state index contributed by atoms with van der Waals surface area (Å²) in [6, 6.07) is 25.1. The molecule has 1 heterocycles. The molecule has 124 valence electrons. The van der Waals surface area contributed by atoms with E-state index in [1.54, 1.807) is 7.11 Å². The molecule has 0 unspecified atom stereocenters. The number of aryl methyl sites for hydroxylation is 1. The summed E-state index contributed by atoms with van der Waals surface area (Å²) in [7, 11) is 1.69. The molecule has 4 aromatic rings. The van der Waals surface area contributed by atoms with E-state index in [9.17, 15) is 0 Å². The monoisotopic (exact) mass is 328 g/mol. The minimum Gasteiger partial charge on any atom is -0.497 e. The molecule has 3 nitrogen and oxygen atoms in total. The van der Waals surface area contributed by atoms with Crippen molar-refractivity contribution in [2.24, 2.45) is 0 Å². The smallest absolute Gasteiger partial charge is 0.119 e. The van der Waals surface area contributed by atoms with E-state index in [0.29, 0.717) is 6.54 Å². The third-order valence-corrected chi connectivity index (χ3v) is 4.45. The average Bonchev–Trinajstić information content (AvgIpc) is 3.01. The first-order valence-electron chi connectivity index (χ1n) is 8.40. The van der Waals surface area contributed by atoms with Crippen LogP contribution in [0.1, 0.15) is 11.1 Å². The molecule has 0 N–H and O–H groups in total. The maximum absolute atomic E-state index is 5.34. The zero-order valence-corrected chi connectivity index (χ0v) is 14.4. The molecule has 3 aromatic carbocycles. The Kier molecular flexibility index (Phi) is 3.98. The Morgan fingerprint density at radius 3 is 2.52 bits per heavy atom. The van der Waals surface area contributed by atoms with Gasteiger partial charge in [0.15, 0.2) is 0 Å². The van der Waals surface area contributed by atoms with Crippen molar-refractivity contribution in [3.8, 4) is 17.0 Å². The van der Waals surface area contributed by atoms with Gasteiger partial charge in [0, 0.05) is 10.9 Å². The van der Waals surface area contributed by atoms with Gasteiger partial charge in [0.25, 0.3) is 0 Å². The molecule has 0 spiro atoms. The number of rotatable bonds is 4. The summed E-state index contributed by atoms with van der Waals surface area (Å²) in [6.45, 7) is 2.81. The summed E-state index contributed by atoms with van der Waals surface area (Å²) in [5.41, 5.74) is 5.73. The highest BCUT2D eigenvalue weighted by atomic mass is 16.5. The minimum absolute atomic E-state index is 0.712. The van der Waals surface area contributed by atoms with E-state index in [4.69, 9.17) is 9.84 Å². The molecule has 0 aliphatic carbocycles. The maximum Gasteiger partial charge on any atom is 0.119 e. The lowest BCUT2D eigenvalue weighted by Crippen LogP contribution is -2.02. The molecule has 0 aliphatic rings. The second-order valence-electron chi connectivity index (χ2n) is 6.24. The molecule has 1 aromatic heterocycles. The maximum atomic E-state index is 5.34. The van der Waals surface area contributed by atoms with Crippen molar-refractivity contribution in [3.05, 3.63) is 83.9 Å². The highest BCUT2D eigenvalue weighted by Gasteiger charge is 2.12. The van der Waals surface area contributed by atoms with Crippen LogP contribution in [0, 0.1) is 6.92 Å². The normalized spacial score (nSPS) is 11.0. The Hall–Kier alpha value is -3.07. The number of fused-ring (bicyclic) bond motifs is 1. The van der Waals surface area contributed by atoms with Crippen LogP contribution < -0.4 is 4.74 Å². The fourth-order valence-electron chi connectivity index (χ4n) is 3.12. The number of methoxy groups -OCH3 is 1. The zero-order valence-electron chi connectivity index (χ0n) is 14.4. The van der Waals surface area contributed by atoms with E-state index in [0.717, 1.165) is 22.5 Å². The lowest BCUT2D eigenvalue weighted by Gasteiger charge is -2.06. The van der Waals surface area contributed by atoms with Crippen molar-refractivity contribution in [1.29, 1.82) is 0 Å². The second-order valence-corrected chi connectivity index (χ2v) is 6.24. The topological polar surface area (TPSA) is 27.1 Å². The quantitative estimate of drug-likeness (QED) is 0.523. The highest BCUT2D eigenvalue weighted by Crippen LogP contribution is 2.28. The summed E-state index contributed by atoms with van der Waals surface area (Å²) < 4.78 is 7.40. The van der Waals surface area contributed by atoms with E-state index in [1.165, 1.54) is 16.5 Å². The van der Waals surface area contributed by atoms with Crippen molar-refractivity contribution in [2.45, 2.75) is 13.5 Å². The fraction of sp³-hybridized carbons (Fsp3) is 0.136. The van der Waals surface area contributed by atoms with Gasteiger partial charge in [0.1, 0.15) is 11.4 Å². The number of ether oxygens (including phenoxy) is 1. The van der Waals surface area contributed by atoms with Crippen LogP contribution in [0.4, 0.5) is 0 Å². The van der Waals surface area contributed by atoms with Gasteiger partial charge in [-0.25, -0.2) is 0 Å². The predicted molar refractivity (Wildman–Crippen MR) is 102 cm³/mol. The van der Waals surface area contributed by atoms with Gasteiger partial charge in [-0.15, -0.1) is 0 Å². The Morgan fingerprint density at radius 1 is 0.920 bits per heavy atom. The molecule has 3 heteroatoms. The average molecular weight is 328 g/mol. The van der Waals surface area contributed by atoms with Crippen molar-refractivity contribution in [2.75, 3.05) is 7.11 Å². The Morgan fingerprint density at radius 2 is 1.72 bits per heavy atom. The highest BCUT2D eigenvalue weighted by molar-refractivity contribution is 5.93. The third-order valence-electron chi connectivity index (χ3n) is 4.45. The summed E-state index contributed by atoms with van der Waals surface area (Å²) in [5, 5.41) is 6.09. The van der Waals surface area contributed by atoms with E-state index >= 15 is 0 Å². The van der Waals surface area contributed by atoms with E-state index in [-0.39, 0.29) is 0 Å². The van der Waals surface area contributed by atoms with Crippen LogP contribution in [0.5, 0.6) is 5.75 Å².